The first kappa shape index (κ1) is 13.5. The first-order valence-corrected chi connectivity index (χ1v) is 7.32. The van der Waals surface area contributed by atoms with Gasteiger partial charge in [0.2, 0.25) is 0 Å². The molecule has 3 N–H and O–H groups in total. The molecule has 5 heteroatoms. The normalized spacial score (nSPS) is 21.6. The molecule has 1 saturated heterocycles. The Hall–Kier alpha value is -0.910. The fraction of sp³-hybridized carbons (Fsp3) is 0.615. The number of amides is 1. The van der Waals surface area contributed by atoms with Crippen LogP contribution in [0.3, 0.4) is 0 Å². The molecule has 100 valence electrons. The number of rotatable bonds is 3. The predicted octanol–water partition coefficient (Wildman–Crippen LogP) is 1.97. The molecule has 0 aromatic carbocycles. The van der Waals surface area contributed by atoms with Crippen LogP contribution < -0.4 is 11.3 Å². The van der Waals surface area contributed by atoms with Crippen LogP contribution in [0, 0.1) is 5.92 Å². The Labute approximate surface area is 112 Å². The third-order valence-electron chi connectivity index (χ3n) is 3.51. The summed E-state index contributed by atoms with van der Waals surface area (Å²) in [7, 11) is 0. The lowest BCUT2D eigenvalue weighted by Crippen LogP contribution is -2.29. The highest BCUT2D eigenvalue weighted by atomic mass is 32.1. The molecule has 0 bridgehead atoms. The zero-order chi connectivity index (χ0) is 13.0. The Bertz CT molecular complexity index is 405. The molecule has 1 aliphatic heterocycles. The SMILES string of the molecule is CC1CCCN(Cc2ccc(C(=O)NN)s2)CC1. The second kappa shape index (κ2) is 6.31. The summed E-state index contributed by atoms with van der Waals surface area (Å²) in [6.45, 7) is 5.62. The smallest absolute Gasteiger partial charge is 0.275 e. The second-order valence-corrected chi connectivity index (χ2v) is 6.22. The Morgan fingerprint density at radius 2 is 2.33 bits per heavy atom. The van der Waals surface area contributed by atoms with Crippen LogP contribution >= 0.6 is 11.3 Å². The number of nitrogens with zero attached hydrogens (tertiary/aromatic N) is 1. The van der Waals surface area contributed by atoms with E-state index in [0.717, 1.165) is 19.0 Å². The van der Waals surface area contributed by atoms with Crippen molar-refractivity contribution in [1.29, 1.82) is 0 Å². The summed E-state index contributed by atoms with van der Waals surface area (Å²) in [5, 5.41) is 0. The van der Waals surface area contributed by atoms with E-state index in [1.807, 2.05) is 12.1 Å². The van der Waals surface area contributed by atoms with E-state index in [1.54, 1.807) is 0 Å². The van der Waals surface area contributed by atoms with Crippen LogP contribution in [0.2, 0.25) is 0 Å². The average Bonchev–Trinajstić information content (AvgIpc) is 2.73. The molecule has 18 heavy (non-hydrogen) atoms. The predicted molar refractivity (Wildman–Crippen MR) is 74.3 cm³/mol. The van der Waals surface area contributed by atoms with Gasteiger partial charge in [0.05, 0.1) is 4.88 Å². The van der Waals surface area contributed by atoms with Crippen LogP contribution in [0.25, 0.3) is 0 Å². The van der Waals surface area contributed by atoms with Crippen molar-refractivity contribution in [2.75, 3.05) is 13.1 Å². The minimum atomic E-state index is -0.198. The van der Waals surface area contributed by atoms with Gasteiger partial charge in [0.15, 0.2) is 0 Å². The summed E-state index contributed by atoms with van der Waals surface area (Å²) >= 11 is 1.53. The molecule has 0 saturated carbocycles. The molecule has 1 aromatic heterocycles. The minimum absolute atomic E-state index is 0.198. The minimum Gasteiger partial charge on any atom is -0.298 e. The molecule has 2 rings (SSSR count). The topological polar surface area (TPSA) is 58.4 Å². The van der Waals surface area contributed by atoms with E-state index in [0.29, 0.717) is 4.88 Å². The fourth-order valence-electron chi connectivity index (χ4n) is 2.36. The van der Waals surface area contributed by atoms with E-state index in [2.05, 4.69) is 17.2 Å². The largest absolute Gasteiger partial charge is 0.298 e. The van der Waals surface area contributed by atoms with Gasteiger partial charge in [-0.2, -0.15) is 0 Å². The van der Waals surface area contributed by atoms with Crippen molar-refractivity contribution in [2.24, 2.45) is 11.8 Å². The molecule has 0 radical (unpaired) electrons. The van der Waals surface area contributed by atoms with E-state index in [1.165, 1.54) is 42.0 Å². The van der Waals surface area contributed by atoms with E-state index < -0.39 is 0 Å². The monoisotopic (exact) mass is 267 g/mol. The van der Waals surface area contributed by atoms with Gasteiger partial charge in [-0.25, -0.2) is 5.84 Å². The maximum atomic E-state index is 11.4. The number of carbonyl (C=O) groups excluding carboxylic acids is 1. The number of hydrogen-bond acceptors (Lipinski definition) is 4. The number of nitrogens with two attached hydrogens (primary N) is 1. The van der Waals surface area contributed by atoms with E-state index in [-0.39, 0.29) is 5.91 Å². The zero-order valence-electron chi connectivity index (χ0n) is 10.8. The van der Waals surface area contributed by atoms with Gasteiger partial charge in [0.25, 0.3) is 5.91 Å². The highest BCUT2D eigenvalue weighted by Gasteiger charge is 2.15. The Kier molecular flexibility index (Phi) is 4.74. The van der Waals surface area contributed by atoms with Gasteiger partial charge in [0, 0.05) is 11.4 Å². The van der Waals surface area contributed by atoms with Crippen molar-refractivity contribution in [3.05, 3.63) is 21.9 Å². The molecule has 4 nitrogen and oxygen atoms in total. The molecule has 1 unspecified atom stereocenters. The quantitative estimate of drug-likeness (QED) is 0.500. The number of nitrogen functional groups attached to an aromatic ring is 1. The summed E-state index contributed by atoms with van der Waals surface area (Å²) in [5.74, 6) is 5.78. The maximum absolute atomic E-state index is 11.4. The average molecular weight is 267 g/mol. The van der Waals surface area contributed by atoms with E-state index >= 15 is 0 Å². The number of hydrazine groups is 1. The Balaban J connectivity index is 1.92. The maximum Gasteiger partial charge on any atom is 0.275 e. The number of hydrogen-bond donors (Lipinski definition) is 2. The van der Waals surface area contributed by atoms with Crippen molar-refractivity contribution in [3.63, 3.8) is 0 Å². The molecule has 2 heterocycles. The van der Waals surface area contributed by atoms with Crippen LogP contribution in [0.5, 0.6) is 0 Å². The van der Waals surface area contributed by atoms with Gasteiger partial charge in [-0.05, 0) is 50.4 Å². The lowest BCUT2D eigenvalue weighted by Gasteiger charge is -2.18. The van der Waals surface area contributed by atoms with Crippen molar-refractivity contribution < 1.29 is 4.79 Å². The number of thiophene rings is 1. The first-order chi connectivity index (χ1) is 8.69. The number of likely N-dealkylation sites (tertiary alicyclic amines) is 1. The first-order valence-electron chi connectivity index (χ1n) is 6.51. The van der Waals surface area contributed by atoms with Gasteiger partial charge in [-0.1, -0.05) is 6.92 Å². The van der Waals surface area contributed by atoms with Gasteiger partial charge < -0.3 is 0 Å². The molecule has 1 fully saturated rings. The zero-order valence-corrected chi connectivity index (χ0v) is 11.6. The fourth-order valence-corrected chi connectivity index (χ4v) is 3.31. The third kappa shape index (κ3) is 3.54. The second-order valence-electron chi connectivity index (χ2n) is 5.05. The van der Waals surface area contributed by atoms with Crippen LogP contribution in [0.4, 0.5) is 0 Å². The molecule has 0 aliphatic carbocycles. The highest BCUT2D eigenvalue weighted by molar-refractivity contribution is 7.14. The standard InChI is InChI=1S/C13H21N3OS/c1-10-3-2-7-16(8-6-10)9-11-4-5-12(18-11)13(17)15-14/h4-5,10H,2-3,6-9,14H2,1H3,(H,15,17). The molecule has 1 aromatic rings. The molecule has 1 amide bonds. The van der Waals surface area contributed by atoms with Crippen molar-refractivity contribution in [3.8, 4) is 0 Å². The van der Waals surface area contributed by atoms with Crippen molar-refractivity contribution in [2.45, 2.75) is 32.7 Å². The van der Waals surface area contributed by atoms with Gasteiger partial charge in [-0.3, -0.25) is 15.1 Å². The number of carbonyl (C=O) groups is 1. The molecular weight excluding hydrogens is 246 g/mol. The van der Waals surface area contributed by atoms with Crippen LogP contribution in [0.15, 0.2) is 12.1 Å². The van der Waals surface area contributed by atoms with Gasteiger partial charge in [0.1, 0.15) is 0 Å². The van der Waals surface area contributed by atoms with Crippen LogP contribution in [-0.4, -0.2) is 23.9 Å². The Morgan fingerprint density at radius 3 is 3.11 bits per heavy atom. The lowest BCUT2D eigenvalue weighted by molar-refractivity contribution is 0.0957. The number of nitrogens with one attached hydrogen (secondary N) is 1. The highest BCUT2D eigenvalue weighted by Crippen LogP contribution is 2.22. The molecule has 0 spiro atoms. The third-order valence-corrected chi connectivity index (χ3v) is 4.57. The van der Waals surface area contributed by atoms with Gasteiger partial charge in [-0.15, -0.1) is 11.3 Å². The Morgan fingerprint density at radius 1 is 1.50 bits per heavy atom. The summed E-state index contributed by atoms with van der Waals surface area (Å²) in [6.07, 6.45) is 3.89. The van der Waals surface area contributed by atoms with Gasteiger partial charge >= 0.3 is 0 Å². The van der Waals surface area contributed by atoms with E-state index in [9.17, 15) is 4.79 Å². The summed E-state index contributed by atoms with van der Waals surface area (Å²) in [5.41, 5.74) is 2.17. The van der Waals surface area contributed by atoms with Crippen molar-refractivity contribution in [1.82, 2.24) is 10.3 Å². The van der Waals surface area contributed by atoms with E-state index in [4.69, 9.17) is 5.84 Å². The summed E-state index contributed by atoms with van der Waals surface area (Å²) in [6, 6.07) is 3.88. The lowest BCUT2D eigenvalue weighted by atomic mass is 10.0. The molecular formula is C13H21N3OS. The van der Waals surface area contributed by atoms with Crippen LogP contribution in [0.1, 0.15) is 40.7 Å². The summed E-state index contributed by atoms with van der Waals surface area (Å²) < 4.78 is 0. The van der Waals surface area contributed by atoms with Crippen LogP contribution in [-0.2, 0) is 6.54 Å². The summed E-state index contributed by atoms with van der Waals surface area (Å²) in [4.78, 5) is 15.8. The van der Waals surface area contributed by atoms with Crippen molar-refractivity contribution >= 4 is 17.2 Å². The molecule has 1 aliphatic rings. The molecule has 1 atom stereocenters.